The van der Waals surface area contributed by atoms with Gasteiger partial charge in [-0.25, -0.2) is 4.79 Å². The Balaban J connectivity index is 2.08. The molecule has 2 atom stereocenters. The first-order valence-electron chi connectivity index (χ1n) is 7.36. The van der Waals surface area contributed by atoms with E-state index in [1.165, 1.54) is 0 Å². The quantitative estimate of drug-likeness (QED) is 0.814. The number of esters is 1. The summed E-state index contributed by atoms with van der Waals surface area (Å²) in [4.78, 5) is 23.8. The van der Waals surface area contributed by atoms with Gasteiger partial charge < -0.3 is 15.2 Å². The van der Waals surface area contributed by atoms with Crippen molar-refractivity contribution in [2.75, 3.05) is 0 Å². The number of benzene rings is 2. The van der Waals surface area contributed by atoms with E-state index in [4.69, 9.17) is 26.8 Å². The van der Waals surface area contributed by atoms with Crippen LogP contribution in [0.2, 0.25) is 5.02 Å². The van der Waals surface area contributed by atoms with Crippen molar-refractivity contribution in [1.82, 2.24) is 0 Å². The highest BCUT2D eigenvalue weighted by atomic mass is 35.5. The van der Waals surface area contributed by atoms with Gasteiger partial charge in [-0.1, -0.05) is 41.9 Å². The molecule has 6 heteroatoms. The average Bonchev–Trinajstić information content (AvgIpc) is 2.55. The fraction of sp³-hybridized carbons (Fsp3) is 0.222. The lowest BCUT2D eigenvalue weighted by molar-refractivity contribution is -0.161. The summed E-state index contributed by atoms with van der Waals surface area (Å²) < 4.78 is 10.8. The SMILES string of the molecule is Cc1cc(Cl)ccc1O[C@H](C)C(=O)O[C@H](C(N)=O)c1ccccc1. The maximum absolute atomic E-state index is 12.2. The van der Waals surface area contributed by atoms with Crippen molar-refractivity contribution in [1.29, 1.82) is 0 Å². The third-order valence-corrected chi connectivity index (χ3v) is 3.60. The Labute approximate surface area is 145 Å². The molecule has 2 aromatic rings. The van der Waals surface area contributed by atoms with Gasteiger partial charge in [0.05, 0.1) is 0 Å². The van der Waals surface area contributed by atoms with E-state index >= 15 is 0 Å². The van der Waals surface area contributed by atoms with Gasteiger partial charge in [0.1, 0.15) is 5.75 Å². The van der Waals surface area contributed by atoms with Crippen molar-refractivity contribution in [3.63, 3.8) is 0 Å². The van der Waals surface area contributed by atoms with E-state index in [0.717, 1.165) is 5.56 Å². The van der Waals surface area contributed by atoms with Crippen LogP contribution in [0.15, 0.2) is 48.5 Å². The van der Waals surface area contributed by atoms with Crippen molar-refractivity contribution in [3.05, 3.63) is 64.7 Å². The maximum Gasteiger partial charge on any atom is 0.348 e. The summed E-state index contributed by atoms with van der Waals surface area (Å²) in [5, 5.41) is 0.577. The lowest BCUT2D eigenvalue weighted by atomic mass is 10.1. The Bertz CT molecular complexity index is 733. The lowest BCUT2D eigenvalue weighted by Gasteiger charge is -2.19. The van der Waals surface area contributed by atoms with Gasteiger partial charge in [-0.15, -0.1) is 0 Å². The van der Waals surface area contributed by atoms with Crippen LogP contribution in [-0.2, 0) is 14.3 Å². The molecule has 0 saturated heterocycles. The molecule has 126 valence electrons. The van der Waals surface area contributed by atoms with Gasteiger partial charge in [0.25, 0.3) is 5.91 Å². The zero-order chi connectivity index (χ0) is 17.7. The Morgan fingerprint density at radius 1 is 1.12 bits per heavy atom. The monoisotopic (exact) mass is 347 g/mol. The second kappa shape index (κ2) is 7.84. The van der Waals surface area contributed by atoms with E-state index in [9.17, 15) is 9.59 Å². The first kappa shape index (κ1) is 17.8. The average molecular weight is 348 g/mol. The van der Waals surface area contributed by atoms with Gasteiger partial charge in [0.15, 0.2) is 6.10 Å². The third-order valence-electron chi connectivity index (χ3n) is 3.37. The number of nitrogens with two attached hydrogens (primary N) is 1. The summed E-state index contributed by atoms with van der Waals surface area (Å²) in [5.74, 6) is -0.916. The molecule has 0 spiro atoms. The smallest absolute Gasteiger partial charge is 0.348 e. The van der Waals surface area contributed by atoms with E-state index in [1.54, 1.807) is 55.5 Å². The predicted octanol–water partition coefficient (Wildman–Crippen LogP) is 3.19. The number of carbonyl (C=O) groups is 2. The minimum absolute atomic E-state index is 0.508. The summed E-state index contributed by atoms with van der Waals surface area (Å²) in [6, 6.07) is 13.6. The number of hydrogen-bond donors (Lipinski definition) is 1. The van der Waals surface area contributed by atoms with E-state index in [1.807, 2.05) is 6.92 Å². The normalized spacial score (nSPS) is 13.0. The predicted molar refractivity (Wildman–Crippen MR) is 90.7 cm³/mol. The fourth-order valence-electron chi connectivity index (χ4n) is 2.11. The van der Waals surface area contributed by atoms with Crippen LogP contribution in [0.4, 0.5) is 0 Å². The summed E-state index contributed by atoms with van der Waals surface area (Å²) in [6.45, 7) is 3.36. The zero-order valence-corrected chi connectivity index (χ0v) is 14.1. The molecule has 0 fully saturated rings. The van der Waals surface area contributed by atoms with Gasteiger partial charge >= 0.3 is 5.97 Å². The summed E-state index contributed by atoms with van der Waals surface area (Å²) in [5.41, 5.74) is 6.64. The molecule has 1 amide bonds. The van der Waals surface area contributed by atoms with Gasteiger partial charge in [-0.3, -0.25) is 4.79 Å². The highest BCUT2D eigenvalue weighted by Gasteiger charge is 2.26. The number of rotatable bonds is 6. The molecule has 0 aliphatic rings. The zero-order valence-electron chi connectivity index (χ0n) is 13.4. The molecule has 5 nitrogen and oxygen atoms in total. The molecule has 0 aliphatic heterocycles. The largest absolute Gasteiger partial charge is 0.479 e. The fourth-order valence-corrected chi connectivity index (χ4v) is 2.34. The second-order valence-corrected chi connectivity index (χ2v) is 5.74. The Kier molecular flexibility index (Phi) is 5.82. The molecule has 0 saturated carbocycles. The number of halogens is 1. The van der Waals surface area contributed by atoms with Crippen LogP contribution < -0.4 is 10.5 Å². The number of hydrogen-bond acceptors (Lipinski definition) is 4. The molecule has 2 rings (SSSR count). The number of primary amides is 1. The molecule has 2 N–H and O–H groups in total. The Hall–Kier alpha value is -2.53. The van der Waals surface area contributed by atoms with Crippen molar-refractivity contribution in [2.45, 2.75) is 26.1 Å². The molecular formula is C18H18ClNO4. The molecule has 2 aromatic carbocycles. The molecule has 0 heterocycles. The standard InChI is InChI=1S/C18H18ClNO4/c1-11-10-14(19)8-9-15(11)23-12(2)18(22)24-16(17(20)21)13-6-4-3-5-7-13/h3-10,12,16H,1-2H3,(H2,20,21)/t12-,16+/m1/s1. The number of amides is 1. The molecular weight excluding hydrogens is 330 g/mol. The van der Waals surface area contributed by atoms with Gasteiger partial charge in [-0.2, -0.15) is 0 Å². The van der Waals surface area contributed by atoms with Crippen LogP contribution >= 0.6 is 11.6 Å². The molecule has 0 radical (unpaired) electrons. The van der Waals surface area contributed by atoms with Crippen LogP contribution in [0.3, 0.4) is 0 Å². The topological polar surface area (TPSA) is 78.6 Å². The minimum atomic E-state index is -1.16. The van der Waals surface area contributed by atoms with Crippen molar-refractivity contribution in [2.24, 2.45) is 5.73 Å². The Morgan fingerprint density at radius 2 is 1.79 bits per heavy atom. The van der Waals surface area contributed by atoms with Gasteiger partial charge in [-0.05, 0) is 37.6 Å². The van der Waals surface area contributed by atoms with Crippen LogP contribution in [-0.4, -0.2) is 18.0 Å². The summed E-state index contributed by atoms with van der Waals surface area (Å²) in [6.07, 6.45) is -2.06. The lowest BCUT2D eigenvalue weighted by Crippen LogP contribution is -2.32. The van der Waals surface area contributed by atoms with Crippen molar-refractivity contribution in [3.8, 4) is 5.75 Å². The second-order valence-electron chi connectivity index (χ2n) is 5.30. The number of aryl methyl sites for hydroxylation is 1. The van der Waals surface area contributed by atoms with Gasteiger partial charge in [0.2, 0.25) is 6.10 Å². The van der Waals surface area contributed by atoms with Crippen LogP contribution in [0.5, 0.6) is 5.75 Å². The van der Waals surface area contributed by atoms with E-state index in [-0.39, 0.29) is 0 Å². The van der Waals surface area contributed by atoms with Crippen molar-refractivity contribution >= 4 is 23.5 Å². The van der Waals surface area contributed by atoms with Crippen LogP contribution in [0.25, 0.3) is 0 Å². The molecule has 0 bridgehead atoms. The van der Waals surface area contributed by atoms with Gasteiger partial charge in [0, 0.05) is 10.6 Å². The van der Waals surface area contributed by atoms with E-state index in [0.29, 0.717) is 16.3 Å². The summed E-state index contributed by atoms with van der Waals surface area (Å²) in [7, 11) is 0. The first-order chi connectivity index (χ1) is 11.4. The minimum Gasteiger partial charge on any atom is -0.479 e. The highest BCUT2D eigenvalue weighted by Crippen LogP contribution is 2.24. The van der Waals surface area contributed by atoms with E-state index in [2.05, 4.69) is 0 Å². The first-order valence-corrected chi connectivity index (χ1v) is 7.74. The highest BCUT2D eigenvalue weighted by molar-refractivity contribution is 6.30. The molecule has 24 heavy (non-hydrogen) atoms. The molecule has 0 aromatic heterocycles. The van der Waals surface area contributed by atoms with Crippen LogP contribution in [0.1, 0.15) is 24.2 Å². The number of ether oxygens (including phenoxy) is 2. The Morgan fingerprint density at radius 3 is 2.38 bits per heavy atom. The molecule has 0 aliphatic carbocycles. The van der Waals surface area contributed by atoms with Crippen LogP contribution in [0, 0.1) is 6.92 Å². The van der Waals surface area contributed by atoms with Crippen molar-refractivity contribution < 1.29 is 19.1 Å². The van der Waals surface area contributed by atoms with E-state index < -0.39 is 24.1 Å². The number of carbonyl (C=O) groups excluding carboxylic acids is 2. The summed E-state index contributed by atoms with van der Waals surface area (Å²) >= 11 is 5.89. The molecule has 0 unspecified atom stereocenters. The third kappa shape index (κ3) is 4.49. The maximum atomic E-state index is 12.2.